The lowest BCUT2D eigenvalue weighted by Gasteiger charge is -2.16. The van der Waals surface area contributed by atoms with Crippen LogP contribution in [-0.2, 0) is 11.3 Å². The van der Waals surface area contributed by atoms with Gasteiger partial charge in [0.05, 0.1) is 22.8 Å². The van der Waals surface area contributed by atoms with Crippen LogP contribution in [0.5, 0.6) is 0 Å². The van der Waals surface area contributed by atoms with E-state index in [1.54, 1.807) is 0 Å². The van der Waals surface area contributed by atoms with Gasteiger partial charge in [-0.2, -0.15) is 0 Å². The summed E-state index contributed by atoms with van der Waals surface area (Å²) in [5.41, 5.74) is 0.916. The molecule has 1 amide bonds. The monoisotopic (exact) mass is 307 g/mol. The Balaban J connectivity index is 1.99. The van der Waals surface area contributed by atoms with Gasteiger partial charge >= 0.3 is 0 Å². The zero-order valence-electron chi connectivity index (χ0n) is 10.6. The quantitative estimate of drug-likeness (QED) is 0.798. The van der Waals surface area contributed by atoms with Crippen LogP contribution in [0.4, 0.5) is 14.5 Å². The summed E-state index contributed by atoms with van der Waals surface area (Å²) in [6.07, 6.45) is 0. The van der Waals surface area contributed by atoms with Crippen molar-refractivity contribution in [1.29, 1.82) is 0 Å². The van der Waals surface area contributed by atoms with Crippen molar-refractivity contribution in [1.82, 2.24) is 0 Å². The van der Waals surface area contributed by atoms with Gasteiger partial charge in [0.1, 0.15) is 11.6 Å². The van der Waals surface area contributed by atoms with Crippen LogP contribution in [0.1, 0.15) is 15.9 Å². The summed E-state index contributed by atoms with van der Waals surface area (Å²) in [6.45, 7) is 0.0149. The minimum absolute atomic E-state index is 0.0149. The van der Waals surface area contributed by atoms with Crippen LogP contribution in [-0.4, -0.2) is 11.7 Å². The number of ketones is 1. The zero-order valence-corrected chi connectivity index (χ0v) is 11.3. The molecule has 0 atom stereocenters. The first kappa shape index (κ1) is 13.7. The van der Waals surface area contributed by atoms with Gasteiger partial charge in [-0.25, -0.2) is 8.78 Å². The summed E-state index contributed by atoms with van der Waals surface area (Å²) in [6, 6.07) is 7.53. The summed E-state index contributed by atoms with van der Waals surface area (Å²) < 4.78 is 26.5. The van der Waals surface area contributed by atoms with E-state index in [1.165, 1.54) is 24.3 Å². The molecule has 0 fully saturated rings. The predicted molar refractivity (Wildman–Crippen MR) is 73.3 cm³/mol. The van der Waals surface area contributed by atoms with Gasteiger partial charge in [-0.15, -0.1) is 0 Å². The van der Waals surface area contributed by atoms with Gasteiger partial charge in [0, 0.05) is 0 Å². The summed E-state index contributed by atoms with van der Waals surface area (Å²) in [5.74, 6) is -2.54. The molecular formula is C15H8ClF2NO2. The maximum absolute atomic E-state index is 13.3. The molecule has 0 aliphatic carbocycles. The van der Waals surface area contributed by atoms with Crippen molar-refractivity contribution in [3.63, 3.8) is 0 Å². The molecule has 2 aromatic rings. The Morgan fingerprint density at radius 2 is 1.81 bits per heavy atom. The molecule has 3 nitrogen and oxygen atoms in total. The molecule has 1 aliphatic heterocycles. The maximum Gasteiger partial charge on any atom is 0.299 e. The number of halogens is 3. The molecule has 0 bridgehead atoms. The highest BCUT2D eigenvalue weighted by Gasteiger charge is 2.36. The Morgan fingerprint density at radius 1 is 1.05 bits per heavy atom. The molecule has 3 rings (SSSR count). The molecule has 0 saturated carbocycles. The van der Waals surface area contributed by atoms with Crippen LogP contribution in [0.3, 0.4) is 0 Å². The fourth-order valence-electron chi connectivity index (χ4n) is 2.24. The molecule has 0 spiro atoms. The second kappa shape index (κ2) is 4.93. The van der Waals surface area contributed by atoms with Crippen molar-refractivity contribution in [2.24, 2.45) is 0 Å². The molecular weight excluding hydrogens is 300 g/mol. The fraction of sp³-hybridized carbons (Fsp3) is 0.0667. The maximum atomic E-state index is 13.3. The number of fused-ring (bicyclic) bond motifs is 1. The highest BCUT2D eigenvalue weighted by molar-refractivity contribution is 6.52. The largest absolute Gasteiger partial charge is 0.300 e. The molecule has 2 aromatic carbocycles. The van der Waals surface area contributed by atoms with E-state index in [9.17, 15) is 18.4 Å². The molecule has 0 saturated heterocycles. The van der Waals surface area contributed by atoms with Gasteiger partial charge in [0.2, 0.25) is 0 Å². The molecule has 21 heavy (non-hydrogen) atoms. The third-order valence-electron chi connectivity index (χ3n) is 3.26. The average Bonchev–Trinajstić information content (AvgIpc) is 2.68. The molecule has 6 heteroatoms. The number of carbonyl (C=O) groups excluding carboxylic acids is 2. The van der Waals surface area contributed by atoms with E-state index in [0.29, 0.717) is 5.56 Å². The van der Waals surface area contributed by atoms with Crippen LogP contribution in [0.15, 0.2) is 36.4 Å². The lowest BCUT2D eigenvalue weighted by atomic mass is 10.1. The summed E-state index contributed by atoms with van der Waals surface area (Å²) in [5, 5.41) is -0.0788. The number of benzene rings is 2. The second-order valence-electron chi connectivity index (χ2n) is 4.63. The Labute approximate surface area is 123 Å². The van der Waals surface area contributed by atoms with Crippen molar-refractivity contribution >= 4 is 29.0 Å². The SMILES string of the molecule is O=C1C(=O)N(Cc2ccc(F)c(Cl)c2)c2cc(F)ccc21. The molecule has 1 heterocycles. The van der Waals surface area contributed by atoms with E-state index in [-0.39, 0.29) is 22.8 Å². The molecule has 0 radical (unpaired) electrons. The van der Waals surface area contributed by atoms with E-state index >= 15 is 0 Å². The molecule has 1 aliphatic rings. The van der Waals surface area contributed by atoms with Gasteiger partial charge < -0.3 is 4.90 Å². The molecule has 106 valence electrons. The van der Waals surface area contributed by atoms with E-state index in [4.69, 9.17) is 11.6 Å². The standard InChI is InChI=1S/C15H8ClF2NO2/c16-11-5-8(1-4-12(11)18)7-19-13-6-9(17)2-3-10(13)14(20)15(19)21/h1-6H,7H2. The molecule has 0 N–H and O–H groups in total. The first-order valence-corrected chi connectivity index (χ1v) is 6.45. The van der Waals surface area contributed by atoms with Crippen molar-refractivity contribution in [2.75, 3.05) is 4.90 Å². The molecule has 0 aromatic heterocycles. The number of hydrogen-bond donors (Lipinski definition) is 0. The lowest BCUT2D eigenvalue weighted by molar-refractivity contribution is -0.114. The Bertz CT molecular complexity index is 776. The van der Waals surface area contributed by atoms with Crippen molar-refractivity contribution < 1.29 is 18.4 Å². The van der Waals surface area contributed by atoms with Gasteiger partial charge in [-0.1, -0.05) is 17.7 Å². The Hall–Kier alpha value is -2.27. The first-order valence-electron chi connectivity index (χ1n) is 6.07. The van der Waals surface area contributed by atoms with Crippen LogP contribution < -0.4 is 4.90 Å². The average molecular weight is 308 g/mol. The highest BCUT2D eigenvalue weighted by atomic mass is 35.5. The zero-order chi connectivity index (χ0) is 15.1. The van der Waals surface area contributed by atoms with Gasteiger partial charge in [-0.3, -0.25) is 9.59 Å². The van der Waals surface area contributed by atoms with Crippen LogP contribution in [0.25, 0.3) is 0 Å². The normalized spacial score (nSPS) is 13.8. The van der Waals surface area contributed by atoms with Crippen molar-refractivity contribution in [3.05, 3.63) is 64.2 Å². The van der Waals surface area contributed by atoms with Gasteiger partial charge in [0.15, 0.2) is 0 Å². The third kappa shape index (κ3) is 2.29. The third-order valence-corrected chi connectivity index (χ3v) is 3.55. The minimum atomic E-state index is -0.740. The number of carbonyl (C=O) groups is 2. The van der Waals surface area contributed by atoms with E-state index < -0.39 is 23.3 Å². The first-order chi connectivity index (χ1) is 9.97. The number of anilines is 1. The summed E-state index contributed by atoms with van der Waals surface area (Å²) in [4.78, 5) is 25.0. The smallest absolute Gasteiger partial charge is 0.299 e. The Kier molecular flexibility index (Phi) is 3.22. The molecule has 0 unspecified atom stereocenters. The summed E-state index contributed by atoms with van der Waals surface area (Å²) >= 11 is 5.68. The van der Waals surface area contributed by atoms with Crippen LogP contribution in [0.2, 0.25) is 5.02 Å². The van der Waals surface area contributed by atoms with Gasteiger partial charge in [-0.05, 0) is 35.9 Å². The summed E-state index contributed by atoms with van der Waals surface area (Å²) in [7, 11) is 0. The second-order valence-corrected chi connectivity index (χ2v) is 5.04. The van der Waals surface area contributed by atoms with Crippen LogP contribution in [0, 0.1) is 11.6 Å². The topological polar surface area (TPSA) is 37.4 Å². The van der Waals surface area contributed by atoms with E-state index in [1.807, 2.05) is 0 Å². The van der Waals surface area contributed by atoms with E-state index in [2.05, 4.69) is 0 Å². The highest BCUT2D eigenvalue weighted by Crippen LogP contribution is 2.31. The number of Topliss-reactive ketones (excluding diaryl/α,β-unsaturated/α-hetero) is 1. The van der Waals surface area contributed by atoms with Crippen molar-refractivity contribution in [3.8, 4) is 0 Å². The van der Waals surface area contributed by atoms with Gasteiger partial charge in [0.25, 0.3) is 11.7 Å². The number of amides is 1. The lowest BCUT2D eigenvalue weighted by Crippen LogP contribution is -2.29. The fourth-order valence-corrected chi connectivity index (χ4v) is 2.45. The predicted octanol–water partition coefficient (Wildman–Crippen LogP) is 3.35. The number of rotatable bonds is 2. The Morgan fingerprint density at radius 3 is 2.52 bits per heavy atom. The van der Waals surface area contributed by atoms with Crippen molar-refractivity contribution in [2.45, 2.75) is 6.54 Å². The minimum Gasteiger partial charge on any atom is -0.300 e. The number of nitrogens with zero attached hydrogens (tertiary/aromatic N) is 1. The van der Waals surface area contributed by atoms with Crippen LogP contribution >= 0.6 is 11.6 Å². The number of hydrogen-bond acceptors (Lipinski definition) is 2. The van der Waals surface area contributed by atoms with E-state index in [0.717, 1.165) is 17.0 Å².